The van der Waals surface area contributed by atoms with E-state index in [0.717, 1.165) is 31.5 Å². The third-order valence-electron chi connectivity index (χ3n) is 2.58. The molecule has 0 aromatic heterocycles. The van der Waals surface area contributed by atoms with Crippen LogP contribution in [0.25, 0.3) is 0 Å². The molecule has 0 saturated carbocycles. The summed E-state index contributed by atoms with van der Waals surface area (Å²) in [5.41, 5.74) is 0. The SMILES string of the molecule is CC(C)CC1CN(CC(C)C)CCO1. The Bertz CT molecular complexity index is 140. The van der Waals surface area contributed by atoms with E-state index in [1.165, 1.54) is 13.0 Å². The van der Waals surface area contributed by atoms with Crippen LogP contribution in [-0.2, 0) is 4.74 Å². The first-order chi connectivity index (χ1) is 6.58. The third kappa shape index (κ3) is 4.43. The lowest BCUT2D eigenvalue weighted by Crippen LogP contribution is -2.44. The summed E-state index contributed by atoms with van der Waals surface area (Å²) >= 11 is 0. The lowest BCUT2D eigenvalue weighted by Gasteiger charge is -2.34. The van der Waals surface area contributed by atoms with Crippen molar-refractivity contribution >= 4 is 0 Å². The molecule has 0 radical (unpaired) electrons. The Balaban J connectivity index is 2.28. The molecule has 84 valence electrons. The van der Waals surface area contributed by atoms with Crippen molar-refractivity contribution in [2.24, 2.45) is 11.8 Å². The minimum absolute atomic E-state index is 0.475. The number of rotatable bonds is 4. The van der Waals surface area contributed by atoms with Crippen LogP contribution >= 0.6 is 0 Å². The van der Waals surface area contributed by atoms with Gasteiger partial charge in [-0.3, -0.25) is 4.90 Å². The van der Waals surface area contributed by atoms with Gasteiger partial charge < -0.3 is 4.74 Å². The molecule has 1 fully saturated rings. The van der Waals surface area contributed by atoms with Crippen LogP contribution in [0.1, 0.15) is 34.1 Å². The molecule has 1 unspecified atom stereocenters. The summed E-state index contributed by atoms with van der Waals surface area (Å²) in [7, 11) is 0. The van der Waals surface area contributed by atoms with Crippen molar-refractivity contribution < 1.29 is 4.74 Å². The van der Waals surface area contributed by atoms with Crippen molar-refractivity contribution in [2.45, 2.75) is 40.2 Å². The number of hydrogen-bond donors (Lipinski definition) is 0. The maximum atomic E-state index is 5.76. The van der Waals surface area contributed by atoms with E-state index in [1.807, 2.05) is 0 Å². The molecule has 1 aliphatic heterocycles. The lowest BCUT2D eigenvalue weighted by molar-refractivity contribution is -0.0401. The van der Waals surface area contributed by atoms with E-state index in [0.29, 0.717) is 6.10 Å². The number of hydrogen-bond acceptors (Lipinski definition) is 2. The van der Waals surface area contributed by atoms with Gasteiger partial charge in [0, 0.05) is 19.6 Å². The van der Waals surface area contributed by atoms with E-state index in [4.69, 9.17) is 4.74 Å². The third-order valence-corrected chi connectivity index (χ3v) is 2.58. The molecule has 14 heavy (non-hydrogen) atoms. The fourth-order valence-corrected chi connectivity index (χ4v) is 2.13. The van der Waals surface area contributed by atoms with Gasteiger partial charge in [-0.15, -0.1) is 0 Å². The highest BCUT2D eigenvalue weighted by molar-refractivity contribution is 4.73. The summed E-state index contributed by atoms with van der Waals surface area (Å²) in [5.74, 6) is 1.52. The van der Waals surface area contributed by atoms with E-state index in [1.54, 1.807) is 0 Å². The summed E-state index contributed by atoms with van der Waals surface area (Å²) in [5, 5.41) is 0. The van der Waals surface area contributed by atoms with Crippen molar-refractivity contribution in [1.29, 1.82) is 0 Å². The van der Waals surface area contributed by atoms with Gasteiger partial charge in [0.1, 0.15) is 0 Å². The summed E-state index contributed by atoms with van der Waals surface area (Å²) < 4.78 is 5.76. The highest BCUT2D eigenvalue weighted by Gasteiger charge is 2.21. The normalized spacial score (nSPS) is 24.9. The second-order valence-electron chi connectivity index (χ2n) is 5.28. The zero-order valence-electron chi connectivity index (χ0n) is 10.1. The standard InChI is InChI=1S/C12H25NO/c1-10(2)7-12-9-13(5-6-14-12)8-11(3)4/h10-12H,5-9H2,1-4H3. The van der Waals surface area contributed by atoms with Crippen molar-refractivity contribution in [3.63, 3.8) is 0 Å². The van der Waals surface area contributed by atoms with Crippen LogP contribution in [0.15, 0.2) is 0 Å². The van der Waals surface area contributed by atoms with E-state index >= 15 is 0 Å². The molecule has 1 saturated heterocycles. The first kappa shape index (κ1) is 12.0. The second kappa shape index (κ2) is 5.72. The molecule has 0 bridgehead atoms. The smallest absolute Gasteiger partial charge is 0.0705 e. The van der Waals surface area contributed by atoms with E-state index in [-0.39, 0.29) is 0 Å². The number of nitrogens with zero attached hydrogens (tertiary/aromatic N) is 1. The van der Waals surface area contributed by atoms with Crippen LogP contribution in [0.4, 0.5) is 0 Å². The molecular weight excluding hydrogens is 174 g/mol. The molecule has 0 aromatic carbocycles. The van der Waals surface area contributed by atoms with Crippen molar-refractivity contribution in [2.75, 3.05) is 26.2 Å². The van der Waals surface area contributed by atoms with Gasteiger partial charge in [-0.05, 0) is 18.3 Å². The van der Waals surface area contributed by atoms with Gasteiger partial charge in [0.05, 0.1) is 12.7 Å². The zero-order valence-corrected chi connectivity index (χ0v) is 10.1. The van der Waals surface area contributed by atoms with Crippen molar-refractivity contribution in [3.8, 4) is 0 Å². The van der Waals surface area contributed by atoms with E-state index in [2.05, 4.69) is 32.6 Å². The molecule has 1 aliphatic rings. The molecule has 2 heteroatoms. The summed E-state index contributed by atoms with van der Waals surface area (Å²) in [4.78, 5) is 2.54. The molecule has 0 aromatic rings. The Hall–Kier alpha value is -0.0800. The molecule has 1 atom stereocenters. The quantitative estimate of drug-likeness (QED) is 0.689. The van der Waals surface area contributed by atoms with Crippen LogP contribution in [0, 0.1) is 11.8 Å². The maximum Gasteiger partial charge on any atom is 0.0705 e. The summed E-state index contributed by atoms with van der Waals surface area (Å²) in [6, 6.07) is 0. The Morgan fingerprint density at radius 3 is 2.50 bits per heavy atom. The second-order valence-corrected chi connectivity index (χ2v) is 5.28. The minimum atomic E-state index is 0.475. The average Bonchev–Trinajstić information content (AvgIpc) is 2.01. The summed E-state index contributed by atoms with van der Waals surface area (Å²) in [6.45, 7) is 13.5. The van der Waals surface area contributed by atoms with Gasteiger partial charge in [-0.25, -0.2) is 0 Å². The largest absolute Gasteiger partial charge is 0.376 e. The van der Waals surface area contributed by atoms with E-state index in [9.17, 15) is 0 Å². The van der Waals surface area contributed by atoms with Gasteiger partial charge in [0.15, 0.2) is 0 Å². The van der Waals surface area contributed by atoms with Crippen LogP contribution in [-0.4, -0.2) is 37.2 Å². The lowest BCUT2D eigenvalue weighted by atomic mass is 10.0. The van der Waals surface area contributed by atoms with Gasteiger partial charge in [-0.2, -0.15) is 0 Å². The zero-order chi connectivity index (χ0) is 10.6. The predicted molar refractivity (Wildman–Crippen MR) is 60.5 cm³/mol. The highest BCUT2D eigenvalue weighted by atomic mass is 16.5. The van der Waals surface area contributed by atoms with Crippen LogP contribution < -0.4 is 0 Å². The van der Waals surface area contributed by atoms with Gasteiger partial charge in [-0.1, -0.05) is 27.7 Å². The topological polar surface area (TPSA) is 12.5 Å². The first-order valence-electron chi connectivity index (χ1n) is 5.92. The van der Waals surface area contributed by atoms with Crippen molar-refractivity contribution in [3.05, 3.63) is 0 Å². The maximum absolute atomic E-state index is 5.76. The van der Waals surface area contributed by atoms with Crippen molar-refractivity contribution in [1.82, 2.24) is 4.90 Å². The van der Waals surface area contributed by atoms with Crippen LogP contribution in [0.3, 0.4) is 0 Å². The fraction of sp³-hybridized carbons (Fsp3) is 1.00. The predicted octanol–water partition coefficient (Wildman–Crippen LogP) is 2.39. The average molecular weight is 199 g/mol. The van der Waals surface area contributed by atoms with Gasteiger partial charge >= 0.3 is 0 Å². The molecule has 0 N–H and O–H groups in total. The van der Waals surface area contributed by atoms with E-state index < -0.39 is 0 Å². The Morgan fingerprint density at radius 1 is 1.21 bits per heavy atom. The number of ether oxygens (including phenoxy) is 1. The fourth-order valence-electron chi connectivity index (χ4n) is 2.13. The minimum Gasteiger partial charge on any atom is -0.376 e. The molecule has 0 spiro atoms. The highest BCUT2D eigenvalue weighted by Crippen LogP contribution is 2.14. The molecule has 0 aliphatic carbocycles. The molecule has 2 nitrogen and oxygen atoms in total. The Morgan fingerprint density at radius 2 is 1.93 bits per heavy atom. The van der Waals surface area contributed by atoms with Crippen LogP contribution in [0.2, 0.25) is 0 Å². The number of morpholine rings is 1. The van der Waals surface area contributed by atoms with Gasteiger partial charge in [0.2, 0.25) is 0 Å². The van der Waals surface area contributed by atoms with Gasteiger partial charge in [0.25, 0.3) is 0 Å². The summed E-state index contributed by atoms with van der Waals surface area (Å²) in [6.07, 6.45) is 1.68. The molecule has 1 rings (SSSR count). The molecular formula is C12H25NO. The van der Waals surface area contributed by atoms with Crippen LogP contribution in [0.5, 0.6) is 0 Å². The monoisotopic (exact) mass is 199 g/mol. The molecule has 0 amide bonds. The first-order valence-corrected chi connectivity index (χ1v) is 5.92. The Kier molecular flexibility index (Phi) is 4.90. The Labute approximate surface area is 88.6 Å². The molecule has 1 heterocycles.